The Morgan fingerprint density at radius 2 is 1.80 bits per heavy atom. The van der Waals surface area contributed by atoms with Crippen LogP contribution in [-0.2, 0) is 11.3 Å². The molecule has 1 aliphatic heterocycles. The molecule has 6 rings (SSSR count). The van der Waals surface area contributed by atoms with Gasteiger partial charge in [0.2, 0.25) is 0 Å². The molecule has 3 aromatic carbocycles. The van der Waals surface area contributed by atoms with Gasteiger partial charge < -0.3 is 5.32 Å². The summed E-state index contributed by atoms with van der Waals surface area (Å²) in [7, 11) is 0. The number of nitrogens with zero attached hydrogens (tertiary/aromatic N) is 5. The molecule has 44 heavy (non-hydrogen) atoms. The summed E-state index contributed by atoms with van der Waals surface area (Å²) in [6.45, 7) is 4.03. The zero-order valence-corrected chi connectivity index (χ0v) is 25.7. The first kappa shape index (κ1) is 29.5. The molecule has 0 saturated carbocycles. The number of carbonyl (C=O) groups is 2. The Balaban J connectivity index is 1.24. The van der Waals surface area contributed by atoms with Crippen LogP contribution >= 0.6 is 23.1 Å². The number of hydrogen-bond donors (Lipinski definition) is 1. The molecule has 0 saturated heterocycles. The van der Waals surface area contributed by atoms with Crippen LogP contribution in [0.3, 0.4) is 0 Å². The molecule has 0 radical (unpaired) electrons. The first-order valence-electron chi connectivity index (χ1n) is 14.0. The maximum Gasteiger partial charge on any atom is 0.254 e. The monoisotopic (exact) mass is 624 g/mol. The zero-order chi connectivity index (χ0) is 30.6. The third kappa shape index (κ3) is 6.34. The Morgan fingerprint density at radius 1 is 0.977 bits per heavy atom. The van der Waals surface area contributed by atoms with Gasteiger partial charge in [-0.15, -0.1) is 21.5 Å². The molecule has 1 N–H and O–H groups in total. The molecule has 3 heterocycles. The molecule has 0 aliphatic carbocycles. The van der Waals surface area contributed by atoms with Gasteiger partial charge in [-0.2, -0.15) is 5.10 Å². The van der Waals surface area contributed by atoms with Crippen molar-refractivity contribution in [2.75, 3.05) is 5.75 Å². The quantitative estimate of drug-likeness (QED) is 0.190. The molecule has 5 aromatic rings. The van der Waals surface area contributed by atoms with Crippen LogP contribution in [0.1, 0.15) is 50.2 Å². The van der Waals surface area contributed by atoms with Crippen LogP contribution in [0.5, 0.6) is 0 Å². The minimum Gasteiger partial charge on any atom is -0.345 e. The van der Waals surface area contributed by atoms with Gasteiger partial charge in [-0.25, -0.2) is 9.40 Å². The van der Waals surface area contributed by atoms with Crippen LogP contribution in [0, 0.1) is 19.7 Å². The van der Waals surface area contributed by atoms with E-state index in [2.05, 4.69) is 27.6 Å². The Kier molecular flexibility index (Phi) is 8.67. The van der Waals surface area contributed by atoms with Crippen molar-refractivity contribution in [3.05, 3.63) is 129 Å². The topological polar surface area (TPSA) is 92.5 Å². The number of aryl methyl sites for hydroxylation is 2. The highest BCUT2D eigenvalue weighted by Gasteiger charge is 2.33. The van der Waals surface area contributed by atoms with Crippen LogP contribution in [0.2, 0.25) is 0 Å². The lowest BCUT2D eigenvalue weighted by molar-refractivity contribution is -0.130. The van der Waals surface area contributed by atoms with E-state index in [1.165, 1.54) is 30.0 Å². The van der Waals surface area contributed by atoms with Gasteiger partial charge in [-0.3, -0.25) is 14.2 Å². The fourth-order valence-corrected chi connectivity index (χ4v) is 6.55. The Labute approximate surface area is 262 Å². The standard InChI is InChI=1S/C33H29FN6O2S2/c1-21-12-14-23(15-13-21)28-18-27(29-11-6-16-43-29)38-40(28)31(41)20-44-33-37-36-30(39(33)24-8-5-7-22(2)17-24)19-35-32(42)25-9-3-4-10-26(25)34/h3-17,28H,18-20H2,1-2H3,(H,35,42)/t28-/m1/s1. The van der Waals surface area contributed by atoms with Gasteiger partial charge >= 0.3 is 0 Å². The SMILES string of the molecule is Cc1ccc([C@H]2CC(c3cccs3)=NN2C(=O)CSc2nnc(CNC(=O)c3ccccc3F)n2-c2cccc(C)c2)cc1. The molecule has 2 amide bonds. The van der Waals surface area contributed by atoms with E-state index in [0.717, 1.165) is 33.0 Å². The summed E-state index contributed by atoms with van der Waals surface area (Å²) < 4.78 is 16.0. The fourth-order valence-electron chi connectivity index (χ4n) is 5.01. The maximum absolute atomic E-state index is 14.2. The molecule has 0 unspecified atom stereocenters. The van der Waals surface area contributed by atoms with Crippen LogP contribution in [0.15, 0.2) is 101 Å². The summed E-state index contributed by atoms with van der Waals surface area (Å²) >= 11 is 2.86. The van der Waals surface area contributed by atoms with E-state index < -0.39 is 11.7 Å². The molecule has 0 fully saturated rings. The van der Waals surface area contributed by atoms with Crippen molar-refractivity contribution in [2.24, 2.45) is 5.10 Å². The summed E-state index contributed by atoms with van der Waals surface area (Å²) in [5.41, 5.74) is 4.83. The number of thiophene rings is 1. The first-order chi connectivity index (χ1) is 21.4. The molecule has 11 heteroatoms. The van der Waals surface area contributed by atoms with Gasteiger partial charge in [-0.1, -0.05) is 71.9 Å². The molecule has 2 aromatic heterocycles. The minimum absolute atomic E-state index is 0.0126. The van der Waals surface area contributed by atoms with Crippen molar-refractivity contribution in [3.8, 4) is 5.69 Å². The number of amides is 2. The molecule has 0 spiro atoms. The van der Waals surface area contributed by atoms with Gasteiger partial charge in [0, 0.05) is 12.1 Å². The van der Waals surface area contributed by atoms with Crippen molar-refractivity contribution in [1.29, 1.82) is 0 Å². The third-order valence-electron chi connectivity index (χ3n) is 7.24. The number of aromatic nitrogens is 3. The van der Waals surface area contributed by atoms with E-state index in [4.69, 9.17) is 5.10 Å². The number of thioether (sulfide) groups is 1. The fraction of sp³-hybridized carbons (Fsp3) is 0.182. The van der Waals surface area contributed by atoms with Crippen molar-refractivity contribution in [3.63, 3.8) is 0 Å². The van der Waals surface area contributed by atoms with Gasteiger partial charge in [-0.05, 0) is 60.7 Å². The molecule has 1 aliphatic rings. The van der Waals surface area contributed by atoms with Gasteiger partial charge in [0.1, 0.15) is 5.82 Å². The van der Waals surface area contributed by atoms with Crippen molar-refractivity contribution in [1.82, 2.24) is 25.1 Å². The van der Waals surface area contributed by atoms with E-state index >= 15 is 0 Å². The lowest BCUT2D eigenvalue weighted by Crippen LogP contribution is -2.28. The number of nitrogens with one attached hydrogen (secondary N) is 1. The molecular weight excluding hydrogens is 596 g/mol. The number of rotatable bonds is 9. The van der Waals surface area contributed by atoms with E-state index in [9.17, 15) is 14.0 Å². The average molecular weight is 625 g/mol. The normalized spacial score (nSPS) is 14.5. The van der Waals surface area contributed by atoms with Crippen LogP contribution in [0.25, 0.3) is 5.69 Å². The summed E-state index contributed by atoms with van der Waals surface area (Å²) in [5.74, 6) is -0.778. The van der Waals surface area contributed by atoms with E-state index in [1.807, 2.05) is 72.3 Å². The van der Waals surface area contributed by atoms with Crippen LogP contribution < -0.4 is 5.32 Å². The van der Waals surface area contributed by atoms with Crippen LogP contribution in [0.4, 0.5) is 4.39 Å². The highest BCUT2D eigenvalue weighted by molar-refractivity contribution is 7.99. The van der Waals surface area contributed by atoms with E-state index in [0.29, 0.717) is 17.4 Å². The summed E-state index contributed by atoms with van der Waals surface area (Å²) in [6.07, 6.45) is 0.630. The molecule has 1 atom stereocenters. The zero-order valence-electron chi connectivity index (χ0n) is 24.1. The number of hydrazone groups is 1. The van der Waals surface area contributed by atoms with Crippen molar-refractivity contribution < 1.29 is 14.0 Å². The minimum atomic E-state index is -0.601. The Morgan fingerprint density at radius 3 is 2.55 bits per heavy atom. The second-order valence-electron chi connectivity index (χ2n) is 10.4. The molecule has 0 bridgehead atoms. The van der Waals surface area contributed by atoms with E-state index in [1.54, 1.807) is 22.4 Å². The molecule has 222 valence electrons. The predicted molar refractivity (Wildman–Crippen MR) is 171 cm³/mol. The Bertz CT molecular complexity index is 1840. The summed E-state index contributed by atoms with van der Waals surface area (Å²) in [6, 6.07) is 25.6. The highest BCUT2D eigenvalue weighted by Crippen LogP contribution is 2.35. The summed E-state index contributed by atoms with van der Waals surface area (Å²) in [5, 5.41) is 20.3. The lowest BCUT2D eigenvalue weighted by Gasteiger charge is -2.22. The number of benzene rings is 3. The van der Waals surface area contributed by atoms with Gasteiger partial charge in [0.25, 0.3) is 11.8 Å². The first-order valence-corrected chi connectivity index (χ1v) is 15.9. The second-order valence-corrected chi connectivity index (χ2v) is 12.3. The van der Waals surface area contributed by atoms with Crippen LogP contribution in [-0.4, -0.2) is 43.1 Å². The lowest BCUT2D eigenvalue weighted by atomic mass is 10.00. The number of hydrogen-bond acceptors (Lipinski definition) is 7. The third-order valence-corrected chi connectivity index (χ3v) is 9.08. The smallest absolute Gasteiger partial charge is 0.254 e. The number of carbonyl (C=O) groups excluding carboxylic acids is 2. The van der Waals surface area contributed by atoms with E-state index in [-0.39, 0.29) is 29.8 Å². The predicted octanol–water partition coefficient (Wildman–Crippen LogP) is 6.48. The largest absolute Gasteiger partial charge is 0.345 e. The second kappa shape index (κ2) is 12.9. The summed E-state index contributed by atoms with van der Waals surface area (Å²) in [4.78, 5) is 27.5. The molecular formula is C33H29FN6O2S2. The Hall–Kier alpha value is -4.61. The van der Waals surface area contributed by atoms with Gasteiger partial charge in [0.15, 0.2) is 11.0 Å². The number of halogens is 1. The average Bonchev–Trinajstić information content (AvgIpc) is 3.79. The molecule has 8 nitrogen and oxygen atoms in total. The van der Waals surface area contributed by atoms with Crippen molar-refractivity contribution >= 4 is 40.6 Å². The van der Waals surface area contributed by atoms with Crippen molar-refractivity contribution in [2.45, 2.75) is 38.0 Å². The maximum atomic E-state index is 14.2. The highest BCUT2D eigenvalue weighted by atomic mass is 32.2. The van der Waals surface area contributed by atoms with Gasteiger partial charge in [0.05, 0.1) is 34.5 Å².